The number of carboxylic acid groups (broad SMARTS) is 1. The van der Waals surface area contributed by atoms with Crippen molar-refractivity contribution in [2.45, 2.75) is 177 Å². The number of aromatic nitrogens is 2. The summed E-state index contributed by atoms with van der Waals surface area (Å²) < 4.78 is 1.77. The third-order valence-electron chi connectivity index (χ3n) is 17.5. The molecule has 32 heteroatoms. The number of benzene rings is 5. The van der Waals surface area contributed by atoms with Gasteiger partial charge in [0.25, 0.3) is 0 Å². The highest BCUT2D eigenvalue weighted by atomic mass is 33.1. The molecule has 0 spiro atoms. The summed E-state index contributed by atoms with van der Waals surface area (Å²) in [6.45, 7) is 6.26. The first-order chi connectivity index (χ1) is 51.8. The number of hydrogen-bond donors (Lipinski definition) is 17. The number of unbranched alkanes of at least 4 members (excludes halogenated alkanes) is 1. The average Bonchev–Trinajstić information content (AvgIpc) is 1.24. The Kier molecular flexibility index (Phi) is 34.4. The van der Waals surface area contributed by atoms with Crippen LogP contribution < -0.4 is 70.0 Å². The van der Waals surface area contributed by atoms with E-state index in [2.05, 4.69) is 63.5 Å². The van der Waals surface area contributed by atoms with Crippen LogP contribution in [0, 0.1) is 0 Å². The molecule has 2 heterocycles. The zero-order valence-corrected chi connectivity index (χ0v) is 62.3. The second-order valence-electron chi connectivity index (χ2n) is 26.8. The maximum atomic E-state index is 15.5. The number of carbonyl (C=O) groups excluding carboxylic acids is 10. The lowest BCUT2D eigenvalue weighted by Crippen LogP contribution is -2.63. The normalized spacial score (nSPS) is 23.4. The lowest BCUT2D eigenvalue weighted by molar-refractivity contribution is -0.142. The van der Waals surface area contributed by atoms with Gasteiger partial charge in [-0.2, -0.15) is 0 Å². The largest absolute Gasteiger partial charge is 0.480 e. The number of nitrogens with zero attached hydrogens (tertiary/aromatic N) is 2. The van der Waals surface area contributed by atoms with Crippen molar-refractivity contribution in [3.05, 3.63) is 197 Å². The van der Waals surface area contributed by atoms with Crippen LogP contribution >= 0.6 is 21.6 Å². The Balaban J connectivity index is 1.32. The number of aliphatic hydroxyl groups excluding tert-OH is 3. The molecule has 0 bridgehead atoms. The molecule has 108 heavy (non-hydrogen) atoms. The summed E-state index contributed by atoms with van der Waals surface area (Å²) in [5.74, 6) is -12.1. The molecular formula is C76H99N15O15S2. The maximum Gasteiger partial charge on any atom is 0.327 e. The molecule has 1 fully saturated rings. The predicted molar refractivity (Wildman–Crippen MR) is 407 cm³/mol. The van der Waals surface area contributed by atoms with Gasteiger partial charge in [-0.05, 0) is 73.0 Å². The van der Waals surface area contributed by atoms with Crippen molar-refractivity contribution >= 4 is 86.6 Å². The Bertz CT molecular complexity index is 3920. The van der Waals surface area contributed by atoms with E-state index in [1.807, 2.05) is 56.3 Å². The van der Waals surface area contributed by atoms with Crippen LogP contribution in [0.25, 0.3) is 0 Å². The number of aliphatic carboxylic acids is 1. The third kappa shape index (κ3) is 27.9. The van der Waals surface area contributed by atoms with E-state index in [-0.39, 0.29) is 62.6 Å². The summed E-state index contributed by atoms with van der Waals surface area (Å²) >= 11 is 0. The van der Waals surface area contributed by atoms with Crippen LogP contribution in [0.3, 0.4) is 0 Å². The fourth-order valence-corrected chi connectivity index (χ4v) is 13.8. The highest BCUT2D eigenvalue weighted by Gasteiger charge is 2.39. The third-order valence-corrected chi connectivity index (χ3v) is 20.0. The molecule has 13 atom stereocenters. The second kappa shape index (κ2) is 43.7. The Morgan fingerprint density at radius 2 is 0.843 bits per heavy atom. The highest BCUT2D eigenvalue weighted by molar-refractivity contribution is 8.76. The number of carboxylic acids is 1. The molecule has 580 valence electrons. The number of nitrogens with two attached hydrogens (primary N) is 2. The van der Waals surface area contributed by atoms with Crippen molar-refractivity contribution in [1.82, 2.24) is 68.0 Å². The molecule has 1 aliphatic rings. The highest BCUT2D eigenvalue weighted by Crippen LogP contribution is 2.23. The average molecular weight is 1530 g/mol. The Morgan fingerprint density at radius 3 is 1.27 bits per heavy atom. The molecular weight excluding hydrogens is 1430 g/mol. The lowest BCUT2D eigenvalue weighted by atomic mass is 10.00. The topological polar surface area (TPSA) is 471 Å². The van der Waals surface area contributed by atoms with Crippen molar-refractivity contribution in [2.75, 3.05) is 24.7 Å². The van der Waals surface area contributed by atoms with Crippen molar-refractivity contribution in [3.63, 3.8) is 0 Å². The first kappa shape index (κ1) is 85.2. The minimum atomic E-state index is -1.91. The number of imidazole rings is 1. The van der Waals surface area contributed by atoms with Gasteiger partial charge in [-0.15, -0.1) is 0 Å². The summed E-state index contributed by atoms with van der Waals surface area (Å²) in [4.78, 5) is 164. The number of nitrogens with one attached hydrogen (secondary N) is 11. The van der Waals surface area contributed by atoms with E-state index in [4.69, 9.17) is 11.5 Å². The van der Waals surface area contributed by atoms with Crippen molar-refractivity contribution in [2.24, 2.45) is 11.5 Å². The van der Waals surface area contributed by atoms with Gasteiger partial charge in [0.1, 0.15) is 60.4 Å². The van der Waals surface area contributed by atoms with Gasteiger partial charge in [-0.25, -0.2) is 9.78 Å². The number of hydrogen-bond acceptors (Lipinski definition) is 20. The minimum Gasteiger partial charge on any atom is -0.480 e. The van der Waals surface area contributed by atoms with Gasteiger partial charge in [0, 0.05) is 68.9 Å². The Morgan fingerprint density at radius 1 is 0.472 bits per heavy atom. The lowest BCUT2D eigenvalue weighted by Gasteiger charge is -2.29. The minimum absolute atomic E-state index is 0.0241. The van der Waals surface area contributed by atoms with E-state index in [0.717, 1.165) is 39.6 Å². The maximum absolute atomic E-state index is 15.5. The zero-order valence-electron chi connectivity index (χ0n) is 60.6. The molecule has 0 radical (unpaired) electrons. The van der Waals surface area contributed by atoms with E-state index < -0.39 is 150 Å². The molecule has 30 nitrogen and oxygen atoms in total. The predicted octanol–water partition coefficient (Wildman–Crippen LogP) is -0.520. The first-order valence-electron chi connectivity index (χ1n) is 35.7. The molecule has 7 rings (SSSR count). The summed E-state index contributed by atoms with van der Waals surface area (Å²) in [6, 6.07) is 24.4. The van der Waals surface area contributed by atoms with Gasteiger partial charge >= 0.3 is 5.97 Å². The van der Waals surface area contributed by atoms with Crippen molar-refractivity contribution in [3.8, 4) is 0 Å². The zero-order chi connectivity index (χ0) is 78.2. The monoisotopic (exact) mass is 1530 g/mol. The quantitative estimate of drug-likeness (QED) is 0.0283. The van der Waals surface area contributed by atoms with Crippen LogP contribution in [0.5, 0.6) is 0 Å². The Labute approximate surface area is 634 Å². The van der Waals surface area contributed by atoms with E-state index in [1.165, 1.54) is 6.92 Å². The molecule has 5 unspecified atom stereocenters. The number of carbonyl (C=O) groups is 11. The van der Waals surface area contributed by atoms with E-state index in [0.29, 0.717) is 53.9 Å². The Hall–Kier alpha value is -10.1. The van der Waals surface area contributed by atoms with Crippen LogP contribution in [0.15, 0.2) is 158 Å². The smallest absolute Gasteiger partial charge is 0.327 e. The molecule has 1 aromatic heterocycles. The van der Waals surface area contributed by atoms with Gasteiger partial charge in [0.2, 0.25) is 59.1 Å². The second-order valence-corrected chi connectivity index (χ2v) is 29.3. The molecule has 1 aliphatic heterocycles. The van der Waals surface area contributed by atoms with Gasteiger partial charge in [0.15, 0.2) is 0 Å². The van der Waals surface area contributed by atoms with Gasteiger partial charge < -0.3 is 94.9 Å². The number of amides is 10. The van der Waals surface area contributed by atoms with E-state index in [9.17, 15) is 54.0 Å². The molecule has 5 aromatic carbocycles. The standard InChI is InChI=1S/C76H99N15O15S2/c1-45(2)79-38-52-30-28-51(29-31-52)36-59-71(100)89-64(46(3)93)74(103)86-60(35-50-23-13-7-14-24-50)72(101)90-65(47(4)94)75(104)87-62(41-92)73(102)88-63(76(105)106)43-108-107-42-55(78)66(95)81-56(27-17-18-32-77)67(96)82-57(33-48-19-9-5-10-20-48)68(97)83-58(34-49-21-11-6-12-22-49)69(98)85-61(70(99)84-59)37-54-40-91(44-80-54)39-53-25-15-8-16-26-53/h5-16,19-26,28-31,40,44-47,55-65,79,92-94H,17-18,27,32-39,41-43,77-78H2,1-4H3,(H,81,95)(H,82,96)(H,83,97)(H,84,99)(H,85,98)(H,86,103)(H,87,104)(H,88,102)(H,89,100)(H,90,101)(H,105,106)/t46-,47-,55+,56+,57?,58+,59?,60+,61?,62+,63+,64?,65?/m1/s1. The first-order valence-corrected chi connectivity index (χ1v) is 38.2. The van der Waals surface area contributed by atoms with Crippen molar-refractivity contribution in [1.29, 1.82) is 0 Å². The van der Waals surface area contributed by atoms with Crippen molar-refractivity contribution < 1.29 is 73.2 Å². The molecule has 0 saturated carbocycles. The fraction of sp³-hybridized carbons (Fsp3) is 0.421. The molecule has 0 aliphatic carbocycles. The van der Waals surface area contributed by atoms with Crippen LogP contribution in [0.4, 0.5) is 0 Å². The van der Waals surface area contributed by atoms with Gasteiger partial charge in [-0.3, -0.25) is 47.9 Å². The van der Waals surface area contributed by atoms with Crippen LogP contribution in [0.2, 0.25) is 0 Å². The fourth-order valence-electron chi connectivity index (χ4n) is 11.5. The summed E-state index contributed by atoms with van der Waals surface area (Å²) in [7, 11) is 1.83. The van der Waals surface area contributed by atoms with E-state index in [1.54, 1.807) is 120 Å². The van der Waals surface area contributed by atoms with E-state index >= 15 is 19.2 Å². The summed E-state index contributed by atoms with van der Waals surface area (Å²) in [6.07, 6.45) is -0.633. The number of aliphatic hydroxyl groups is 3. The van der Waals surface area contributed by atoms with Gasteiger partial charge in [-0.1, -0.05) is 181 Å². The molecule has 6 aromatic rings. The summed E-state index contributed by atoms with van der Waals surface area (Å²) in [5.41, 5.74) is 16.5. The molecule has 19 N–H and O–H groups in total. The summed E-state index contributed by atoms with van der Waals surface area (Å²) in [5, 5.41) is 72.4. The van der Waals surface area contributed by atoms with Crippen LogP contribution in [-0.4, -0.2) is 204 Å². The SMILES string of the molecule is CC(C)NCc1ccc(CC2NC(=O)C(Cc3cn(Cc4ccccc4)cn3)NC(=O)[C@H](Cc3ccccc3)NC(=O)C(Cc3ccccc3)NC(=O)[C@H](CCCCN)NC(=O)[C@@H](N)CSSC[C@@H](C(=O)O)NC(=O)[C@H](CO)NC(=O)C([C@@H](C)O)NC(=O)[C@H](Cc3ccccc3)NC(=O)C([C@@H](C)O)NC2=O)cc1. The molecule has 1 saturated heterocycles. The number of rotatable bonds is 23. The van der Waals surface area contributed by atoms with Gasteiger partial charge in [0.05, 0.1) is 36.9 Å². The van der Waals surface area contributed by atoms with Crippen LogP contribution in [0.1, 0.15) is 86.0 Å². The van der Waals surface area contributed by atoms with Crippen LogP contribution in [-0.2, 0) is 97.9 Å². The molecule has 10 amide bonds.